The van der Waals surface area contributed by atoms with Crippen LogP contribution in [0.4, 0.5) is 5.13 Å². The Kier molecular flexibility index (Phi) is 6.81. The lowest BCUT2D eigenvalue weighted by Crippen LogP contribution is -2.49. The topological polar surface area (TPSA) is 56.8 Å². The van der Waals surface area contributed by atoms with Crippen LogP contribution in [0.1, 0.15) is 43.1 Å². The largest absolute Gasteiger partial charge is 0.345 e. The molecule has 0 aromatic carbocycles. The van der Waals surface area contributed by atoms with Gasteiger partial charge in [0, 0.05) is 38.6 Å². The molecule has 2 amide bonds. The van der Waals surface area contributed by atoms with Gasteiger partial charge in [0.15, 0.2) is 5.13 Å². The number of anilines is 1. The Morgan fingerprint density at radius 2 is 2.07 bits per heavy atom. The van der Waals surface area contributed by atoms with E-state index in [0.29, 0.717) is 16.0 Å². The molecule has 0 saturated carbocycles. The maximum atomic E-state index is 13.2. The van der Waals surface area contributed by atoms with E-state index in [4.69, 9.17) is 0 Å². The van der Waals surface area contributed by atoms with Gasteiger partial charge in [0.05, 0.1) is 10.5 Å². The van der Waals surface area contributed by atoms with Gasteiger partial charge in [-0.3, -0.25) is 9.59 Å². The highest BCUT2D eigenvalue weighted by Gasteiger charge is 2.32. The molecule has 2 aliphatic carbocycles. The molecule has 0 spiro atoms. The SMILES string of the molecule is CC1C=CC2=C(C1)[C@H](N(C)C(=O)c1csc(N3CCN(C(=O)CI)CC3)n1)CCC2. The third kappa shape index (κ3) is 4.44. The van der Waals surface area contributed by atoms with Crippen molar-refractivity contribution in [2.24, 2.45) is 5.92 Å². The number of aromatic nitrogens is 1. The highest BCUT2D eigenvalue weighted by atomic mass is 127. The zero-order valence-electron chi connectivity index (χ0n) is 17.6. The molecule has 1 unspecified atom stereocenters. The average Bonchev–Trinajstić information content (AvgIpc) is 3.27. The van der Waals surface area contributed by atoms with E-state index in [1.165, 1.54) is 22.5 Å². The van der Waals surface area contributed by atoms with E-state index in [1.54, 1.807) is 0 Å². The van der Waals surface area contributed by atoms with Gasteiger partial charge in [-0.2, -0.15) is 0 Å². The van der Waals surface area contributed by atoms with Crippen molar-refractivity contribution in [3.63, 3.8) is 0 Å². The fourth-order valence-electron chi connectivity index (χ4n) is 4.68. The first-order chi connectivity index (χ1) is 14.5. The smallest absolute Gasteiger partial charge is 0.273 e. The van der Waals surface area contributed by atoms with Crippen LogP contribution in [0.25, 0.3) is 0 Å². The summed E-state index contributed by atoms with van der Waals surface area (Å²) >= 11 is 3.64. The number of allylic oxidation sites excluding steroid dienone is 3. The third-order valence-corrected chi connectivity index (χ3v) is 7.98. The van der Waals surface area contributed by atoms with Crippen molar-refractivity contribution < 1.29 is 9.59 Å². The Bertz CT molecular complexity index is 872. The minimum atomic E-state index is 0.0113. The summed E-state index contributed by atoms with van der Waals surface area (Å²) in [7, 11) is 1.93. The molecule has 0 N–H and O–H groups in total. The van der Waals surface area contributed by atoms with E-state index >= 15 is 0 Å². The van der Waals surface area contributed by atoms with Gasteiger partial charge in [-0.15, -0.1) is 11.3 Å². The molecular formula is C22H29IN4O2S. The van der Waals surface area contributed by atoms with Crippen LogP contribution in [-0.4, -0.2) is 70.3 Å². The van der Waals surface area contributed by atoms with Crippen molar-refractivity contribution in [3.05, 3.63) is 34.4 Å². The lowest BCUT2D eigenvalue weighted by atomic mass is 9.79. The van der Waals surface area contributed by atoms with Gasteiger partial charge >= 0.3 is 0 Å². The summed E-state index contributed by atoms with van der Waals surface area (Å²) < 4.78 is 0.522. The summed E-state index contributed by atoms with van der Waals surface area (Å²) in [5, 5.41) is 2.77. The molecule has 1 aromatic rings. The molecule has 6 nitrogen and oxygen atoms in total. The summed E-state index contributed by atoms with van der Waals surface area (Å²) in [5.74, 6) is 0.744. The van der Waals surface area contributed by atoms with Gasteiger partial charge in [-0.1, -0.05) is 41.7 Å². The normalized spacial score (nSPS) is 24.1. The maximum Gasteiger partial charge on any atom is 0.273 e. The number of hydrogen-bond donors (Lipinski definition) is 0. The van der Waals surface area contributed by atoms with Crippen molar-refractivity contribution in [1.29, 1.82) is 0 Å². The molecule has 1 aliphatic heterocycles. The zero-order valence-corrected chi connectivity index (χ0v) is 20.6. The van der Waals surface area contributed by atoms with Gasteiger partial charge in [0.1, 0.15) is 5.69 Å². The van der Waals surface area contributed by atoms with E-state index < -0.39 is 0 Å². The van der Waals surface area contributed by atoms with Crippen LogP contribution in [-0.2, 0) is 4.79 Å². The molecular weight excluding hydrogens is 511 g/mol. The summed E-state index contributed by atoms with van der Waals surface area (Å²) in [6.07, 6.45) is 8.91. The number of halogens is 1. The molecule has 0 bridgehead atoms. The van der Waals surface area contributed by atoms with Crippen molar-refractivity contribution in [2.45, 2.75) is 38.6 Å². The van der Waals surface area contributed by atoms with E-state index in [0.717, 1.165) is 57.0 Å². The van der Waals surface area contributed by atoms with Crippen molar-refractivity contribution in [3.8, 4) is 0 Å². The summed E-state index contributed by atoms with van der Waals surface area (Å²) in [6.45, 7) is 5.21. The quantitative estimate of drug-likeness (QED) is 0.432. The van der Waals surface area contributed by atoms with Crippen molar-refractivity contribution in [2.75, 3.05) is 42.6 Å². The highest BCUT2D eigenvalue weighted by Crippen LogP contribution is 2.37. The van der Waals surface area contributed by atoms with Crippen LogP contribution in [0.2, 0.25) is 0 Å². The van der Waals surface area contributed by atoms with Gasteiger partial charge < -0.3 is 14.7 Å². The molecule has 2 heterocycles. The fourth-order valence-corrected chi connectivity index (χ4v) is 6.01. The Labute approximate surface area is 196 Å². The Hall–Kier alpha value is -1.42. The third-order valence-electron chi connectivity index (χ3n) is 6.42. The van der Waals surface area contributed by atoms with Gasteiger partial charge in [-0.25, -0.2) is 4.98 Å². The number of carbonyl (C=O) groups is 2. The lowest BCUT2D eigenvalue weighted by molar-refractivity contribution is -0.128. The standard InChI is InChI=1S/C22H29IN4O2S/c1-15-6-7-16-4-3-5-19(17(16)12-15)25(2)21(29)18-14-30-22(24-18)27-10-8-26(9-11-27)20(28)13-23/h6-7,14-15,19H,3-5,8-13H2,1-2H3/t15?,19-/m1/s1. The number of rotatable bonds is 4. The molecule has 1 saturated heterocycles. The number of piperazine rings is 1. The molecule has 8 heteroatoms. The predicted octanol–water partition coefficient (Wildman–Crippen LogP) is 3.74. The van der Waals surface area contributed by atoms with Crippen LogP contribution in [0, 0.1) is 5.92 Å². The molecule has 3 aliphatic rings. The molecule has 4 rings (SSSR count). The van der Waals surface area contributed by atoms with E-state index in [-0.39, 0.29) is 17.9 Å². The van der Waals surface area contributed by atoms with Crippen LogP contribution in [0.3, 0.4) is 0 Å². The number of likely N-dealkylation sites (N-methyl/N-ethyl adjacent to an activating group) is 1. The number of thiazole rings is 1. The summed E-state index contributed by atoms with van der Waals surface area (Å²) in [4.78, 5) is 35.8. The maximum absolute atomic E-state index is 13.2. The van der Waals surface area contributed by atoms with Crippen molar-refractivity contribution in [1.82, 2.24) is 14.8 Å². The van der Waals surface area contributed by atoms with Gasteiger partial charge in [0.2, 0.25) is 5.91 Å². The Morgan fingerprint density at radius 1 is 1.30 bits per heavy atom. The van der Waals surface area contributed by atoms with Gasteiger partial charge in [-0.05, 0) is 42.7 Å². The van der Waals surface area contributed by atoms with Crippen molar-refractivity contribution >= 4 is 50.9 Å². The molecule has 1 fully saturated rings. The minimum Gasteiger partial charge on any atom is -0.345 e. The first-order valence-electron chi connectivity index (χ1n) is 10.7. The van der Waals surface area contributed by atoms with Crippen LogP contribution in [0.5, 0.6) is 0 Å². The highest BCUT2D eigenvalue weighted by molar-refractivity contribution is 14.1. The first kappa shape index (κ1) is 21.8. The Morgan fingerprint density at radius 3 is 2.80 bits per heavy atom. The Balaban J connectivity index is 1.43. The number of nitrogens with zero attached hydrogens (tertiary/aromatic N) is 4. The molecule has 2 atom stereocenters. The van der Waals surface area contributed by atoms with Crippen LogP contribution in [0.15, 0.2) is 28.7 Å². The number of alkyl halides is 1. The van der Waals surface area contributed by atoms with Crippen LogP contribution >= 0.6 is 33.9 Å². The molecule has 1 aromatic heterocycles. The van der Waals surface area contributed by atoms with Gasteiger partial charge in [0.25, 0.3) is 5.91 Å². The molecule has 0 radical (unpaired) electrons. The zero-order chi connectivity index (χ0) is 21.3. The van der Waals surface area contributed by atoms with E-state index in [9.17, 15) is 9.59 Å². The number of hydrogen-bond acceptors (Lipinski definition) is 5. The second-order valence-electron chi connectivity index (χ2n) is 8.43. The predicted molar refractivity (Wildman–Crippen MR) is 129 cm³/mol. The fraction of sp³-hybridized carbons (Fsp3) is 0.591. The summed E-state index contributed by atoms with van der Waals surface area (Å²) in [5.41, 5.74) is 3.41. The molecule has 162 valence electrons. The summed E-state index contributed by atoms with van der Waals surface area (Å²) in [6, 6.07) is 0.182. The number of amides is 2. The first-order valence-corrected chi connectivity index (χ1v) is 13.1. The monoisotopic (exact) mass is 540 g/mol. The second-order valence-corrected chi connectivity index (χ2v) is 10.0. The van der Waals surface area contributed by atoms with Crippen LogP contribution < -0.4 is 4.90 Å². The average molecular weight is 540 g/mol. The second kappa shape index (κ2) is 9.38. The minimum absolute atomic E-state index is 0.0113. The van der Waals surface area contributed by atoms with E-state index in [1.807, 2.05) is 22.2 Å². The molecule has 30 heavy (non-hydrogen) atoms. The van der Waals surface area contributed by atoms with E-state index in [2.05, 4.69) is 51.6 Å². The lowest BCUT2D eigenvalue weighted by Gasteiger charge is -2.37. The number of carbonyl (C=O) groups excluding carboxylic acids is 2.